The highest BCUT2D eigenvalue weighted by atomic mass is 32.1. The molecule has 0 unspecified atom stereocenters. The summed E-state index contributed by atoms with van der Waals surface area (Å²) in [7, 11) is -2.07. The van der Waals surface area contributed by atoms with Gasteiger partial charge >= 0.3 is 8.80 Å². The van der Waals surface area contributed by atoms with Crippen LogP contribution in [0.1, 0.15) is 0 Å². The maximum Gasteiger partial charge on any atom is 0.495 e. The highest BCUT2D eigenvalue weighted by Crippen LogP contribution is 2.15. The summed E-state index contributed by atoms with van der Waals surface area (Å²) in [6, 6.07) is 0.274. The maximum atomic E-state index is 9.16. The van der Waals surface area contributed by atoms with Crippen molar-refractivity contribution in [2.24, 2.45) is 5.92 Å². The van der Waals surface area contributed by atoms with Gasteiger partial charge in [0.15, 0.2) is 0 Å². The molecule has 11 heavy (non-hydrogen) atoms. The largest absolute Gasteiger partial charge is 0.495 e. The van der Waals surface area contributed by atoms with Crippen LogP contribution < -0.4 is 0 Å². The summed E-state index contributed by atoms with van der Waals surface area (Å²) in [4.78, 5) is 18.3. The van der Waals surface area contributed by atoms with Crippen molar-refractivity contribution in [3.05, 3.63) is 0 Å². The van der Waals surface area contributed by atoms with Gasteiger partial charge in [-0.15, -0.1) is 0 Å². The smallest absolute Gasteiger partial charge is 0.390 e. The quantitative estimate of drug-likeness (QED) is 0.386. The molecule has 0 bridgehead atoms. The molecule has 6 heteroatoms. The summed E-state index contributed by atoms with van der Waals surface area (Å²) in [6.07, 6.45) is 0. The van der Waals surface area contributed by atoms with Crippen molar-refractivity contribution >= 4 is 34.1 Å². The lowest BCUT2D eigenvalue weighted by atomic mass is 10.3. The van der Waals surface area contributed by atoms with Gasteiger partial charge in [-0.2, -0.15) is 25.3 Å². The van der Waals surface area contributed by atoms with E-state index in [0.29, 0.717) is 11.5 Å². The minimum Gasteiger partial charge on any atom is -0.390 e. The van der Waals surface area contributed by atoms with Crippen LogP contribution in [0.25, 0.3) is 0 Å². The summed E-state index contributed by atoms with van der Waals surface area (Å²) in [5, 5.41) is 0. The van der Waals surface area contributed by atoms with Gasteiger partial charge in [-0.05, 0) is 17.4 Å². The van der Waals surface area contributed by atoms with Crippen molar-refractivity contribution in [3.8, 4) is 0 Å². The second-order valence-corrected chi connectivity index (χ2v) is 5.42. The minimum atomic E-state index is -3.38. The molecular weight excluding hydrogens is 200 g/mol. The van der Waals surface area contributed by atoms with Crippen molar-refractivity contribution in [3.63, 3.8) is 0 Å². The number of hydrogen-bond donors (Lipinski definition) is 4. The minimum absolute atomic E-state index is 0.114. The second kappa shape index (κ2) is 5.44. The Bertz CT molecular complexity index is 108. The molecule has 0 saturated carbocycles. The molecule has 0 aliphatic rings. The molecule has 0 fully saturated rings. The first-order valence-electron chi connectivity index (χ1n) is 3.27. The van der Waals surface area contributed by atoms with Crippen molar-refractivity contribution in [2.45, 2.75) is 6.04 Å². The standard InChI is InChI=1S/C5H14O3S2Si/c1-8-11(6,7)4-5(2-9)3-10/h5-7,9-10H,2-4H2,1H3. The average molecular weight is 214 g/mol. The van der Waals surface area contributed by atoms with Gasteiger partial charge in [-0.25, -0.2) is 0 Å². The first kappa shape index (κ1) is 11.8. The fourth-order valence-electron chi connectivity index (χ4n) is 0.646. The fraction of sp³-hybridized carbons (Fsp3) is 1.00. The zero-order chi connectivity index (χ0) is 8.91. The Labute approximate surface area is 79.0 Å². The van der Waals surface area contributed by atoms with E-state index in [0.717, 1.165) is 0 Å². The van der Waals surface area contributed by atoms with E-state index in [1.807, 2.05) is 0 Å². The van der Waals surface area contributed by atoms with Crippen molar-refractivity contribution in [1.29, 1.82) is 0 Å². The van der Waals surface area contributed by atoms with Crippen LogP contribution in [0.15, 0.2) is 0 Å². The van der Waals surface area contributed by atoms with Gasteiger partial charge in [-0.1, -0.05) is 0 Å². The molecule has 0 spiro atoms. The predicted octanol–water partition coefficient (Wildman–Crippen LogP) is 0.0321. The topological polar surface area (TPSA) is 49.7 Å². The molecule has 0 saturated heterocycles. The van der Waals surface area contributed by atoms with E-state index in [2.05, 4.69) is 29.7 Å². The predicted molar refractivity (Wildman–Crippen MR) is 53.2 cm³/mol. The lowest BCUT2D eigenvalue weighted by Crippen LogP contribution is -2.40. The fourth-order valence-corrected chi connectivity index (χ4v) is 3.06. The molecule has 0 amide bonds. The first-order chi connectivity index (χ1) is 5.05. The Morgan fingerprint density at radius 1 is 1.36 bits per heavy atom. The van der Waals surface area contributed by atoms with E-state index in [1.54, 1.807) is 0 Å². The van der Waals surface area contributed by atoms with Gasteiger partial charge in [-0.3, -0.25) is 0 Å². The van der Waals surface area contributed by atoms with Gasteiger partial charge in [0.25, 0.3) is 0 Å². The third-order valence-electron chi connectivity index (χ3n) is 1.40. The Morgan fingerprint density at radius 2 is 1.82 bits per heavy atom. The lowest BCUT2D eigenvalue weighted by molar-refractivity contribution is 0.180. The molecule has 0 aromatic carbocycles. The van der Waals surface area contributed by atoms with Crippen molar-refractivity contribution < 1.29 is 14.0 Å². The summed E-state index contributed by atoms with van der Waals surface area (Å²) in [5.74, 6) is 1.31. The van der Waals surface area contributed by atoms with Crippen LogP contribution in [0.4, 0.5) is 0 Å². The van der Waals surface area contributed by atoms with Gasteiger partial charge in [0.2, 0.25) is 0 Å². The Kier molecular flexibility index (Phi) is 5.84. The highest BCUT2D eigenvalue weighted by Gasteiger charge is 2.33. The molecule has 0 atom stereocenters. The molecule has 2 N–H and O–H groups in total. The van der Waals surface area contributed by atoms with E-state index in [1.165, 1.54) is 7.11 Å². The summed E-state index contributed by atoms with van der Waals surface area (Å²) < 4.78 is 4.55. The zero-order valence-electron chi connectivity index (χ0n) is 6.40. The van der Waals surface area contributed by atoms with Crippen LogP contribution in [0.5, 0.6) is 0 Å². The van der Waals surface area contributed by atoms with E-state index in [9.17, 15) is 0 Å². The molecule has 0 aliphatic carbocycles. The third kappa shape index (κ3) is 5.10. The van der Waals surface area contributed by atoms with E-state index in [-0.39, 0.29) is 12.0 Å². The summed E-state index contributed by atoms with van der Waals surface area (Å²) in [5.41, 5.74) is 0. The summed E-state index contributed by atoms with van der Waals surface area (Å²) in [6.45, 7) is 0. The monoisotopic (exact) mass is 214 g/mol. The SMILES string of the molecule is CO[Si](O)(O)CC(CS)CS. The number of rotatable bonds is 5. The highest BCUT2D eigenvalue weighted by molar-refractivity contribution is 7.81. The van der Waals surface area contributed by atoms with Crippen LogP contribution in [-0.2, 0) is 4.43 Å². The maximum absolute atomic E-state index is 9.16. The molecule has 0 aromatic rings. The molecule has 0 radical (unpaired) electrons. The third-order valence-corrected chi connectivity index (χ3v) is 4.19. The van der Waals surface area contributed by atoms with Crippen LogP contribution in [0, 0.1) is 5.92 Å². The number of hydrogen-bond acceptors (Lipinski definition) is 5. The van der Waals surface area contributed by atoms with Gasteiger partial charge in [0.1, 0.15) is 0 Å². The average Bonchev–Trinajstić information content (AvgIpc) is 2.00. The molecule has 0 aliphatic heterocycles. The molecule has 68 valence electrons. The first-order valence-corrected chi connectivity index (χ1v) is 6.55. The molecule has 0 rings (SSSR count). The molecule has 3 nitrogen and oxygen atoms in total. The van der Waals surface area contributed by atoms with Crippen LogP contribution in [0.3, 0.4) is 0 Å². The Morgan fingerprint density at radius 3 is 2.09 bits per heavy atom. The van der Waals surface area contributed by atoms with Crippen molar-refractivity contribution in [1.82, 2.24) is 0 Å². The molecule has 0 aromatic heterocycles. The Balaban J connectivity index is 3.79. The lowest BCUT2D eigenvalue weighted by Gasteiger charge is -2.19. The summed E-state index contributed by atoms with van der Waals surface area (Å²) >= 11 is 8.08. The van der Waals surface area contributed by atoms with Gasteiger partial charge in [0.05, 0.1) is 0 Å². The van der Waals surface area contributed by atoms with Crippen LogP contribution in [-0.4, -0.2) is 37.0 Å². The van der Waals surface area contributed by atoms with E-state index < -0.39 is 8.80 Å². The number of thiol groups is 2. The van der Waals surface area contributed by atoms with Crippen LogP contribution >= 0.6 is 25.3 Å². The van der Waals surface area contributed by atoms with E-state index in [4.69, 9.17) is 9.59 Å². The van der Waals surface area contributed by atoms with Crippen LogP contribution in [0.2, 0.25) is 6.04 Å². The van der Waals surface area contributed by atoms with Gasteiger partial charge in [0, 0.05) is 13.2 Å². The zero-order valence-corrected chi connectivity index (χ0v) is 9.18. The molecular formula is C5H14O3S2Si. The normalized spacial score (nSPS) is 12.5. The Hall–Kier alpha value is 0.797. The molecule has 0 heterocycles. The second-order valence-electron chi connectivity index (χ2n) is 2.38. The van der Waals surface area contributed by atoms with Gasteiger partial charge < -0.3 is 14.0 Å². The van der Waals surface area contributed by atoms with Crippen molar-refractivity contribution in [2.75, 3.05) is 18.6 Å². The van der Waals surface area contributed by atoms with E-state index >= 15 is 0 Å².